The number of carbonyl (C=O) groups is 11. The van der Waals surface area contributed by atoms with Crippen LogP contribution in [0, 0.1) is 185 Å². The molecule has 0 spiro atoms. The van der Waals surface area contributed by atoms with Gasteiger partial charge in [-0.1, -0.05) is 194 Å². The van der Waals surface area contributed by atoms with E-state index in [1.165, 1.54) is 5.57 Å². The molecule has 35 unspecified atom stereocenters. The largest absolute Gasteiger partial charge is 0.393 e. The van der Waals surface area contributed by atoms with Gasteiger partial charge in [0.05, 0.1) is 24.4 Å². The van der Waals surface area contributed by atoms with Gasteiger partial charge in [-0.3, -0.25) is 52.7 Å². The lowest BCUT2D eigenvalue weighted by Crippen LogP contribution is -2.54. The summed E-state index contributed by atoms with van der Waals surface area (Å²) in [5.74, 6) is 7.18. The average molecular weight is 1850 g/mol. The van der Waals surface area contributed by atoms with Gasteiger partial charge >= 0.3 is 0 Å². The number of aliphatic hydroxyl groups excluding tert-OH is 4. The van der Waals surface area contributed by atoms with Gasteiger partial charge in [0.1, 0.15) is 34.7 Å². The Labute approximate surface area is 806 Å². The van der Waals surface area contributed by atoms with Crippen molar-refractivity contribution in [2.24, 2.45) is 185 Å². The smallest absolute Gasteiger partial charge is 0.160 e. The van der Waals surface area contributed by atoms with E-state index < -0.39 is 18.3 Å². The fourth-order valence-corrected chi connectivity index (χ4v) is 34.2. The molecule has 8 fully saturated rings. The van der Waals surface area contributed by atoms with Gasteiger partial charge in [-0.25, -0.2) is 0 Å². The van der Waals surface area contributed by atoms with E-state index in [0.717, 1.165) is 190 Å². The van der Waals surface area contributed by atoms with E-state index in [-0.39, 0.29) is 190 Å². The molecule has 16 aliphatic carbocycles. The molecule has 742 valence electrons. The molecular formula is C119H176O15. The standard InChI is InChI=1S/3C30H44O4.C29H44O3/c3*1-16(18(3)20(5)31)8-9-17(2)21-10-11-22-27-25(33)14-23-19(4)24(32)12-13-29(23,6)28(27)26(34)15-30(21,22)7;1-16(2)17(3)8-9-18(4)20-10-11-21-26-24(31)14-22-19(5)23(30)12-13-28(22,6)27(26)25(32)15-29(20,21)7/h2*17-19,21-23,25,33H,1,8-15H2,2-7H3;17-19,21-24,32H,1,8-15H2,2-7H3;16,18-22,24,31H,3,8-15H2,1-2,4-7H3. The molecule has 8 saturated carbocycles. The number of rotatable bonds is 23. The summed E-state index contributed by atoms with van der Waals surface area (Å²) >= 11 is 0. The Morgan fingerprint density at radius 2 is 0.604 bits per heavy atom. The summed E-state index contributed by atoms with van der Waals surface area (Å²) in [6, 6.07) is 0. The SMILES string of the molecule is C=C(CCC(C)C1CCC2C3=C(C(=O)CC21C)C1(C)CCC(=O)C(C)C1CC3O)C(C)C.C=C(CCC(C)C1CCC2C3=C(C(=O)CC21C)C1(C)CCC(=O)C(C)C1CC3O)C(C)C(C)=O.C=C(CCC(C)C1CCC2C3=C(C(=O)CC21C)C1(C)CCC(=O)C(C)C1CC3O)C(C)C(C)=O.C=C(CCC(C)C1CCC2C3=C(C(=O)CC21C)C1(C)CCC(O)C(C)C1CC3=O)C(C)C(C)=O. The molecule has 0 bridgehead atoms. The lowest BCUT2D eigenvalue weighted by molar-refractivity contribution is -0.135. The van der Waals surface area contributed by atoms with Crippen molar-refractivity contribution in [2.45, 2.75) is 396 Å². The van der Waals surface area contributed by atoms with Gasteiger partial charge < -0.3 is 20.4 Å². The van der Waals surface area contributed by atoms with Crippen molar-refractivity contribution in [2.75, 3.05) is 0 Å². The summed E-state index contributed by atoms with van der Waals surface area (Å²) < 4.78 is 0. The number of fused-ring (bicyclic) bond motifs is 16. The summed E-state index contributed by atoms with van der Waals surface area (Å²) in [6.07, 6.45) is 23.8. The molecule has 0 aromatic heterocycles. The lowest BCUT2D eigenvalue weighted by atomic mass is 9.48. The van der Waals surface area contributed by atoms with Crippen molar-refractivity contribution in [1.29, 1.82) is 0 Å². The molecule has 15 heteroatoms. The van der Waals surface area contributed by atoms with Gasteiger partial charge in [-0.15, -0.1) is 0 Å². The second kappa shape index (κ2) is 39.2. The predicted molar refractivity (Wildman–Crippen MR) is 531 cm³/mol. The normalized spacial score (nSPS) is 41.7. The first-order valence-electron chi connectivity index (χ1n) is 53.6. The predicted octanol–water partition coefficient (Wildman–Crippen LogP) is 23.9. The quantitative estimate of drug-likeness (QED) is 0.0693. The van der Waals surface area contributed by atoms with Crippen LogP contribution in [0.1, 0.15) is 372 Å². The van der Waals surface area contributed by atoms with E-state index >= 15 is 0 Å². The Kier molecular flexibility index (Phi) is 30.9. The monoisotopic (exact) mass is 1850 g/mol. The van der Waals surface area contributed by atoms with Crippen LogP contribution in [-0.2, 0) is 52.7 Å². The third kappa shape index (κ3) is 18.1. The number of hydrogen-bond acceptors (Lipinski definition) is 15. The van der Waals surface area contributed by atoms with Crippen molar-refractivity contribution >= 4 is 63.6 Å². The number of Topliss-reactive ketones (excluding diaryl/α,β-unsaturated/α-hetero) is 11. The molecule has 0 aliphatic heterocycles. The first-order valence-corrected chi connectivity index (χ1v) is 53.6. The number of carbonyl (C=O) groups excluding carboxylic acids is 11. The second-order valence-electron chi connectivity index (χ2n) is 50.7. The van der Waals surface area contributed by atoms with Crippen molar-refractivity contribution in [1.82, 2.24) is 0 Å². The Balaban J connectivity index is 0.000000152. The minimum atomic E-state index is -0.611. The van der Waals surface area contributed by atoms with Crippen LogP contribution in [0.15, 0.2) is 93.2 Å². The average Bonchev–Trinajstić information content (AvgIpc) is 0.819. The summed E-state index contributed by atoms with van der Waals surface area (Å²) in [4.78, 5) is 142. The summed E-state index contributed by atoms with van der Waals surface area (Å²) in [6.45, 7) is 67.1. The number of hydrogen-bond donors (Lipinski definition) is 4. The fourth-order valence-electron chi connectivity index (χ4n) is 34.2. The third-order valence-electron chi connectivity index (χ3n) is 43.4. The van der Waals surface area contributed by atoms with Gasteiger partial charge in [-0.05, 0) is 320 Å². The first kappa shape index (κ1) is 105. The van der Waals surface area contributed by atoms with E-state index in [9.17, 15) is 73.2 Å². The Morgan fingerprint density at radius 3 is 0.888 bits per heavy atom. The van der Waals surface area contributed by atoms with Gasteiger partial charge in [0, 0.05) is 136 Å². The van der Waals surface area contributed by atoms with Crippen LogP contribution in [0.5, 0.6) is 0 Å². The van der Waals surface area contributed by atoms with Crippen LogP contribution in [0.4, 0.5) is 0 Å². The summed E-state index contributed by atoms with van der Waals surface area (Å²) in [5, 5.41) is 44.6. The molecule has 15 nitrogen and oxygen atoms in total. The van der Waals surface area contributed by atoms with E-state index in [0.29, 0.717) is 142 Å². The van der Waals surface area contributed by atoms with Crippen LogP contribution < -0.4 is 0 Å². The van der Waals surface area contributed by atoms with Crippen molar-refractivity contribution in [3.63, 3.8) is 0 Å². The molecule has 16 rings (SSSR count). The van der Waals surface area contributed by atoms with Crippen molar-refractivity contribution in [3.05, 3.63) is 93.2 Å². The van der Waals surface area contributed by atoms with Crippen LogP contribution in [0.3, 0.4) is 0 Å². The molecule has 35 atom stereocenters. The zero-order chi connectivity index (χ0) is 99.1. The Bertz CT molecular complexity index is 4720. The highest BCUT2D eigenvalue weighted by molar-refractivity contribution is 6.11. The topological polar surface area (TPSA) is 269 Å². The van der Waals surface area contributed by atoms with Crippen LogP contribution in [-0.4, -0.2) is 108 Å². The van der Waals surface area contributed by atoms with Gasteiger partial charge in [0.15, 0.2) is 28.9 Å². The molecule has 0 radical (unpaired) electrons. The van der Waals surface area contributed by atoms with Crippen molar-refractivity contribution < 1.29 is 73.2 Å². The zero-order valence-electron chi connectivity index (χ0n) is 87.4. The zero-order valence-corrected chi connectivity index (χ0v) is 87.4. The van der Waals surface area contributed by atoms with Gasteiger partial charge in [0.25, 0.3) is 0 Å². The van der Waals surface area contributed by atoms with Crippen LogP contribution in [0.2, 0.25) is 0 Å². The Hall–Kier alpha value is -5.87. The maximum Gasteiger partial charge on any atom is 0.160 e. The number of ketones is 11. The van der Waals surface area contributed by atoms with E-state index in [2.05, 4.69) is 130 Å². The van der Waals surface area contributed by atoms with Crippen LogP contribution in [0.25, 0.3) is 0 Å². The molecule has 134 heavy (non-hydrogen) atoms. The lowest BCUT2D eigenvalue weighted by Gasteiger charge is -2.55. The first-order chi connectivity index (χ1) is 62.4. The highest BCUT2D eigenvalue weighted by Crippen LogP contribution is 2.72. The highest BCUT2D eigenvalue weighted by Gasteiger charge is 2.68. The molecule has 4 N–H and O–H groups in total. The highest BCUT2D eigenvalue weighted by atomic mass is 16.3. The molecule has 0 aromatic carbocycles. The van der Waals surface area contributed by atoms with Gasteiger partial charge in [-0.2, -0.15) is 0 Å². The Morgan fingerprint density at radius 1 is 0.343 bits per heavy atom. The maximum atomic E-state index is 13.9. The molecule has 0 aromatic rings. The van der Waals surface area contributed by atoms with E-state index in [1.54, 1.807) is 20.8 Å². The fraction of sp³-hybridized carbons (Fsp3) is 0.773. The van der Waals surface area contributed by atoms with Crippen molar-refractivity contribution in [3.8, 4) is 0 Å². The maximum absolute atomic E-state index is 13.9. The molecule has 0 amide bonds. The minimum Gasteiger partial charge on any atom is -0.393 e. The molecule has 0 saturated heterocycles. The molecule has 16 aliphatic rings. The molecule has 0 heterocycles. The van der Waals surface area contributed by atoms with E-state index in [4.69, 9.17) is 0 Å². The summed E-state index contributed by atoms with van der Waals surface area (Å²) in [7, 11) is 0. The second-order valence-corrected chi connectivity index (χ2v) is 50.7. The number of aliphatic hydroxyl groups is 4. The number of allylic oxidation sites excluding steroid dienone is 9. The molecular weight excluding hydrogens is 1670 g/mol. The van der Waals surface area contributed by atoms with Gasteiger partial charge in [0.2, 0.25) is 0 Å². The summed E-state index contributed by atoms with van der Waals surface area (Å²) in [5.41, 5.74) is 10.3. The third-order valence-corrected chi connectivity index (χ3v) is 43.4. The van der Waals surface area contributed by atoms with Crippen LogP contribution >= 0.6 is 0 Å². The van der Waals surface area contributed by atoms with E-state index in [1.807, 2.05) is 41.5 Å². The minimum absolute atomic E-state index is 0.0414.